The van der Waals surface area contributed by atoms with Crippen LogP contribution in [0.4, 0.5) is 5.13 Å². The summed E-state index contributed by atoms with van der Waals surface area (Å²) in [6.07, 6.45) is 0.912. The average molecular weight is 544 g/mol. The van der Waals surface area contributed by atoms with Crippen LogP contribution < -0.4 is 14.4 Å². The van der Waals surface area contributed by atoms with Crippen LogP contribution >= 0.6 is 23.7 Å². The first-order chi connectivity index (χ1) is 17.4. The Morgan fingerprint density at radius 1 is 1.00 bits per heavy atom. The fraction of sp³-hybridized carbons (Fsp3) is 0.462. The molecule has 11 heteroatoms. The van der Waals surface area contributed by atoms with Gasteiger partial charge in [-0.1, -0.05) is 36.5 Å². The van der Waals surface area contributed by atoms with E-state index in [9.17, 15) is 0 Å². The molecule has 1 fully saturated rings. The molecule has 3 heterocycles. The Morgan fingerprint density at radius 3 is 2.41 bits per heavy atom. The zero-order valence-corrected chi connectivity index (χ0v) is 23.6. The number of hydrogen-bond donors (Lipinski definition) is 0. The van der Waals surface area contributed by atoms with Crippen LogP contribution in [0.5, 0.6) is 11.5 Å². The van der Waals surface area contributed by atoms with Crippen LogP contribution in [0, 0.1) is 0 Å². The number of para-hydroxylation sites is 1. The Balaban J connectivity index is 0.00000320. The first-order valence-electron chi connectivity index (χ1n) is 12.3. The van der Waals surface area contributed by atoms with Gasteiger partial charge < -0.3 is 14.4 Å². The third-order valence-corrected chi connectivity index (χ3v) is 8.23. The fourth-order valence-corrected chi connectivity index (χ4v) is 5.68. The van der Waals surface area contributed by atoms with Gasteiger partial charge in [0.05, 0.1) is 36.0 Å². The largest absolute Gasteiger partial charge is 0.493 e. The Kier molecular flexibility index (Phi) is 8.20. The maximum Gasteiger partial charge on any atom is 0.186 e. The van der Waals surface area contributed by atoms with Crippen molar-refractivity contribution in [2.45, 2.75) is 38.8 Å². The third-order valence-electron chi connectivity index (χ3n) is 7.13. The molecule has 1 unspecified atom stereocenters. The van der Waals surface area contributed by atoms with Gasteiger partial charge in [0.1, 0.15) is 0 Å². The molecule has 1 aliphatic heterocycles. The highest BCUT2D eigenvalue weighted by Gasteiger charge is 2.35. The van der Waals surface area contributed by atoms with Gasteiger partial charge in [-0.05, 0) is 60.5 Å². The van der Waals surface area contributed by atoms with Crippen molar-refractivity contribution in [2.24, 2.45) is 0 Å². The van der Waals surface area contributed by atoms with Crippen molar-refractivity contribution in [1.82, 2.24) is 30.1 Å². The predicted molar refractivity (Wildman–Crippen MR) is 149 cm³/mol. The summed E-state index contributed by atoms with van der Waals surface area (Å²) < 4.78 is 14.3. The lowest BCUT2D eigenvalue weighted by molar-refractivity contribution is 0.187. The van der Waals surface area contributed by atoms with Crippen LogP contribution in [0.1, 0.15) is 44.6 Å². The minimum Gasteiger partial charge on any atom is -0.493 e. The van der Waals surface area contributed by atoms with Crippen molar-refractivity contribution in [3.63, 3.8) is 0 Å². The summed E-state index contributed by atoms with van der Waals surface area (Å²) in [6, 6.07) is 14.3. The molecule has 2 aromatic carbocycles. The fourth-order valence-electron chi connectivity index (χ4n) is 4.66. The van der Waals surface area contributed by atoms with Gasteiger partial charge in [-0.15, -0.1) is 17.5 Å². The molecule has 0 N–H and O–H groups in total. The van der Waals surface area contributed by atoms with Crippen LogP contribution in [-0.4, -0.2) is 70.5 Å². The highest BCUT2D eigenvalue weighted by molar-refractivity contribution is 7.22. The molecular formula is C26H34ClN7O2S. The number of rotatable bonds is 8. The van der Waals surface area contributed by atoms with Crippen molar-refractivity contribution in [3.05, 3.63) is 53.9 Å². The third kappa shape index (κ3) is 5.23. The van der Waals surface area contributed by atoms with Gasteiger partial charge in [-0.3, -0.25) is 4.90 Å². The Labute approximate surface area is 227 Å². The number of thiazole rings is 1. The Morgan fingerprint density at radius 2 is 1.73 bits per heavy atom. The molecule has 9 nitrogen and oxygen atoms in total. The lowest BCUT2D eigenvalue weighted by Gasteiger charge is -2.39. The zero-order valence-electron chi connectivity index (χ0n) is 21.9. The minimum absolute atomic E-state index is 0. The highest BCUT2D eigenvalue weighted by Crippen LogP contribution is 2.37. The summed E-state index contributed by atoms with van der Waals surface area (Å²) in [4.78, 5) is 9.71. The molecule has 5 rings (SSSR count). The average Bonchev–Trinajstić information content (AvgIpc) is 3.57. The Bertz CT molecular complexity index is 1300. The standard InChI is InChI=1S/C26H33N7O2S.ClH/c1-6-26(2,3)33-24(28-29-30-33)23(18-11-12-20(34-4)21(17-18)35-5)31-13-15-32(16-14-31)25-27-19-9-7-8-10-22(19)36-25;/h7-12,17,23H,6,13-16H2,1-5H3;1H. The minimum atomic E-state index is -0.212. The summed E-state index contributed by atoms with van der Waals surface area (Å²) in [7, 11) is 3.32. The number of hydrogen-bond acceptors (Lipinski definition) is 9. The van der Waals surface area contributed by atoms with Gasteiger partial charge in [-0.2, -0.15) is 0 Å². The maximum atomic E-state index is 5.64. The molecular weight excluding hydrogens is 510 g/mol. The zero-order chi connectivity index (χ0) is 25.3. The summed E-state index contributed by atoms with van der Waals surface area (Å²) >= 11 is 1.75. The number of benzene rings is 2. The van der Waals surface area contributed by atoms with Crippen molar-refractivity contribution >= 4 is 39.1 Å². The summed E-state index contributed by atoms with van der Waals surface area (Å²) in [5.74, 6) is 2.23. The first-order valence-corrected chi connectivity index (χ1v) is 13.1. The van der Waals surface area contributed by atoms with E-state index in [1.807, 2.05) is 22.9 Å². The van der Waals surface area contributed by atoms with Crippen molar-refractivity contribution in [1.29, 1.82) is 0 Å². The van der Waals surface area contributed by atoms with Crippen molar-refractivity contribution in [3.8, 4) is 11.5 Å². The SMILES string of the molecule is CCC(C)(C)n1nnnc1C(c1ccc(OC)c(OC)c1)N1CCN(c2nc3ccccc3s2)CC1.Cl. The molecule has 1 aliphatic rings. The van der Waals surface area contributed by atoms with E-state index in [0.717, 1.165) is 54.6 Å². The monoisotopic (exact) mass is 543 g/mol. The van der Waals surface area contributed by atoms with E-state index in [-0.39, 0.29) is 24.0 Å². The van der Waals surface area contributed by atoms with Gasteiger partial charge in [0, 0.05) is 26.2 Å². The molecule has 2 aromatic heterocycles. The van der Waals surface area contributed by atoms with E-state index in [0.29, 0.717) is 11.5 Å². The lowest BCUT2D eigenvalue weighted by Crippen LogP contribution is -2.48. The number of tetrazole rings is 1. The molecule has 0 saturated carbocycles. The van der Waals surface area contributed by atoms with E-state index < -0.39 is 0 Å². The normalized spacial score (nSPS) is 15.4. The highest BCUT2D eigenvalue weighted by atomic mass is 35.5. The number of aromatic nitrogens is 5. The topological polar surface area (TPSA) is 81.4 Å². The van der Waals surface area contributed by atoms with Crippen LogP contribution in [-0.2, 0) is 5.54 Å². The first kappa shape index (κ1) is 27.1. The number of nitrogens with zero attached hydrogens (tertiary/aromatic N) is 7. The predicted octanol–water partition coefficient (Wildman–Crippen LogP) is 4.78. The lowest BCUT2D eigenvalue weighted by atomic mass is 9.98. The van der Waals surface area contributed by atoms with E-state index in [2.05, 4.69) is 70.4 Å². The molecule has 0 aliphatic carbocycles. The van der Waals surface area contributed by atoms with Gasteiger partial charge in [-0.25, -0.2) is 9.67 Å². The number of methoxy groups -OCH3 is 2. The van der Waals surface area contributed by atoms with Crippen LogP contribution in [0.15, 0.2) is 42.5 Å². The molecule has 198 valence electrons. The molecule has 0 bridgehead atoms. The van der Waals surface area contributed by atoms with Crippen molar-refractivity contribution < 1.29 is 9.47 Å². The quantitative estimate of drug-likeness (QED) is 0.314. The number of halogens is 1. The molecule has 4 aromatic rings. The van der Waals surface area contributed by atoms with Gasteiger partial charge in [0.2, 0.25) is 0 Å². The summed E-state index contributed by atoms with van der Waals surface area (Å²) in [6.45, 7) is 9.97. The molecule has 0 radical (unpaired) electrons. The van der Waals surface area contributed by atoms with Crippen LogP contribution in [0.2, 0.25) is 0 Å². The Hall–Kier alpha value is -2.95. The second-order valence-corrected chi connectivity index (χ2v) is 10.6. The van der Waals surface area contributed by atoms with Crippen LogP contribution in [0.3, 0.4) is 0 Å². The summed E-state index contributed by atoms with van der Waals surface area (Å²) in [5, 5.41) is 14.1. The van der Waals surface area contributed by atoms with Gasteiger partial charge in [0.25, 0.3) is 0 Å². The van der Waals surface area contributed by atoms with Gasteiger partial charge >= 0.3 is 0 Å². The molecule has 1 saturated heterocycles. The number of ether oxygens (including phenoxy) is 2. The van der Waals surface area contributed by atoms with Gasteiger partial charge in [0.15, 0.2) is 22.5 Å². The molecule has 1 atom stereocenters. The maximum absolute atomic E-state index is 5.64. The second-order valence-electron chi connectivity index (χ2n) is 9.62. The van der Waals surface area contributed by atoms with E-state index in [4.69, 9.17) is 14.5 Å². The van der Waals surface area contributed by atoms with E-state index >= 15 is 0 Å². The second kappa shape index (κ2) is 11.2. The molecule has 0 amide bonds. The van der Waals surface area contributed by atoms with Crippen LogP contribution in [0.25, 0.3) is 10.2 Å². The summed E-state index contributed by atoms with van der Waals surface area (Å²) in [5.41, 5.74) is 1.92. The number of fused-ring (bicyclic) bond motifs is 1. The molecule has 37 heavy (non-hydrogen) atoms. The van der Waals surface area contributed by atoms with E-state index in [1.54, 1.807) is 25.6 Å². The number of piperazine rings is 1. The van der Waals surface area contributed by atoms with E-state index in [1.165, 1.54) is 4.70 Å². The smallest absolute Gasteiger partial charge is 0.186 e. The number of anilines is 1. The molecule has 0 spiro atoms. The van der Waals surface area contributed by atoms with Crippen molar-refractivity contribution in [2.75, 3.05) is 45.3 Å².